The molecule has 0 spiro atoms. The van der Waals surface area contributed by atoms with Crippen molar-refractivity contribution >= 4 is 46.5 Å². The van der Waals surface area contributed by atoms with Gasteiger partial charge < -0.3 is 9.64 Å². The van der Waals surface area contributed by atoms with Gasteiger partial charge in [-0.25, -0.2) is 0 Å². The van der Waals surface area contributed by atoms with Crippen molar-refractivity contribution in [3.8, 4) is 5.75 Å². The Labute approximate surface area is 168 Å². The van der Waals surface area contributed by atoms with Crippen LogP contribution in [0.5, 0.6) is 5.75 Å². The van der Waals surface area contributed by atoms with E-state index in [2.05, 4.69) is 0 Å². The van der Waals surface area contributed by atoms with E-state index < -0.39 is 11.1 Å². The highest BCUT2D eigenvalue weighted by molar-refractivity contribution is 8.18. The fourth-order valence-corrected chi connectivity index (χ4v) is 4.05. The Hall–Kier alpha value is -1.99. The van der Waals surface area contributed by atoms with Crippen molar-refractivity contribution in [3.63, 3.8) is 0 Å². The van der Waals surface area contributed by atoms with Crippen molar-refractivity contribution in [2.24, 2.45) is 0 Å². The molecule has 1 fully saturated rings. The van der Waals surface area contributed by atoms with E-state index in [1.807, 2.05) is 27.7 Å². The molecule has 146 valence electrons. The van der Waals surface area contributed by atoms with Gasteiger partial charge in [-0.1, -0.05) is 17.7 Å². The van der Waals surface area contributed by atoms with Gasteiger partial charge in [0, 0.05) is 12.1 Å². The van der Waals surface area contributed by atoms with E-state index in [-0.39, 0.29) is 29.4 Å². The average molecular weight is 411 g/mol. The number of halogens is 1. The van der Waals surface area contributed by atoms with Crippen LogP contribution in [0, 0.1) is 0 Å². The third kappa shape index (κ3) is 4.84. The average Bonchev–Trinajstić information content (AvgIpc) is 2.82. The quantitative estimate of drug-likeness (QED) is 0.662. The summed E-state index contributed by atoms with van der Waals surface area (Å²) in [7, 11) is 1.51. The van der Waals surface area contributed by atoms with Crippen LogP contribution in [-0.4, -0.2) is 52.6 Å². The summed E-state index contributed by atoms with van der Waals surface area (Å²) in [5, 5.41) is -0.0446. The number of carbonyl (C=O) groups is 3. The molecule has 0 bridgehead atoms. The standard InChI is InChI=1S/C19H23ClN2O4S/c1-11(2)22(12(3)4)17(23)10-21-18(24)16(27-19(21)25)9-13-6-7-15(26-5)14(20)8-13/h6-9,11-12H,10H2,1-5H3/b16-9-. The molecule has 1 heterocycles. The number of methoxy groups -OCH3 is 1. The van der Waals surface area contributed by atoms with Gasteiger partial charge in [-0.15, -0.1) is 0 Å². The van der Waals surface area contributed by atoms with Crippen LogP contribution in [0.25, 0.3) is 6.08 Å². The molecule has 2 rings (SSSR count). The van der Waals surface area contributed by atoms with Gasteiger partial charge in [-0.3, -0.25) is 19.3 Å². The van der Waals surface area contributed by atoms with E-state index in [1.165, 1.54) is 7.11 Å². The molecule has 8 heteroatoms. The molecule has 1 aliphatic rings. The lowest BCUT2D eigenvalue weighted by atomic mass is 10.2. The molecule has 0 unspecified atom stereocenters. The zero-order valence-electron chi connectivity index (χ0n) is 16.0. The van der Waals surface area contributed by atoms with Gasteiger partial charge >= 0.3 is 0 Å². The predicted octanol–water partition coefficient (Wildman–Crippen LogP) is 4.03. The highest BCUT2D eigenvalue weighted by Gasteiger charge is 2.37. The van der Waals surface area contributed by atoms with Gasteiger partial charge in [-0.2, -0.15) is 0 Å². The number of benzene rings is 1. The minimum atomic E-state index is -0.474. The Morgan fingerprint density at radius 2 is 1.89 bits per heavy atom. The monoisotopic (exact) mass is 410 g/mol. The van der Waals surface area contributed by atoms with Gasteiger partial charge in [0.1, 0.15) is 12.3 Å². The highest BCUT2D eigenvalue weighted by atomic mass is 35.5. The molecule has 0 N–H and O–H groups in total. The van der Waals surface area contributed by atoms with Gasteiger partial charge in [0.2, 0.25) is 5.91 Å². The van der Waals surface area contributed by atoms with Gasteiger partial charge in [-0.05, 0) is 63.2 Å². The van der Waals surface area contributed by atoms with Crippen LogP contribution in [0.15, 0.2) is 23.1 Å². The van der Waals surface area contributed by atoms with Crippen LogP contribution in [0.3, 0.4) is 0 Å². The van der Waals surface area contributed by atoms with Crippen molar-refractivity contribution < 1.29 is 19.1 Å². The summed E-state index contributed by atoms with van der Waals surface area (Å²) in [5.41, 5.74) is 0.670. The summed E-state index contributed by atoms with van der Waals surface area (Å²) >= 11 is 6.91. The summed E-state index contributed by atoms with van der Waals surface area (Å²) in [6.07, 6.45) is 1.59. The molecule has 1 saturated heterocycles. The van der Waals surface area contributed by atoms with Crippen LogP contribution >= 0.6 is 23.4 Å². The number of thioether (sulfide) groups is 1. The second kappa shape index (κ2) is 8.80. The number of imide groups is 1. The molecule has 0 radical (unpaired) electrons. The van der Waals surface area contributed by atoms with E-state index in [9.17, 15) is 14.4 Å². The fraction of sp³-hybridized carbons (Fsp3) is 0.421. The molecule has 6 nitrogen and oxygen atoms in total. The van der Waals surface area contributed by atoms with Crippen molar-refractivity contribution in [2.45, 2.75) is 39.8 Å². The molecule has 1 aliphatic heterocycles. The molecular weight excluding hydrogens is 388 g/mol. The predicted molar refractivity (Wildman–Crippen MR) is 108 cm³/mol. The summed E-state index contributed by atoms with van der Waals surface area (Å²) in [4.78, 5) is 40.4. The van der Waals surface area contributed by atoms with E-state index in [0.29, 0.717) is 16.3 Å². The maximum atomic E-state index is 12.6. The first-order valence-corrected chi connectivity index (χ1v) is 9.75. The third-order valence-corrected chi connectivity index (χ3v) is 5.24. The first-order valence-electron chi connectivity index (χ1n) is 8.55. The lowest BCUT2D eigenvalue weighted by Gasteiger charge is -2.31. The molecule has 0 aliphatic carbocycles. The molecule has 3 amide bonds. The lowest BCUT2D eigenvalue weighted by Crippen LogP contribution is -2.48. The van der Waals surface area contributed by atoms with Crippen molar-refractivity contribution in [1.29, 1.82) is 0 Å². The van der Waals surface area contributed by atoms with Crippen LogP contribution < -0.4 is 4.74 Å². The maximum Gasteiger partial charge on any atom is 0.294 e. The Bertz CT molecular complexity index is 784. The molecule has 0 aromatic heterocycles. The Morgan fingerprint density at radius 1 is 1.26 bits per heavy atom. The van der Waals surface area contributed by atoms with Crippen LogP contribution in [0.2, 0.25) is 5.02 Å². The normalized spacial score (nSPS) is 16.0. The van der Waals surface area contributed by atoms with E-state index in [4.69, 9.17) is 16.3 Å². The Morgan fingerprint density at radius 3 is 2.41 bits per heavy atom. The number of amides is 3. The fourth-order valence-electron chi connectivity index (χ4n) is 2.95. The summed E-state index contributed by atoms with van der Waals surface area (Å²) < 4.78 is 5.10. The smallest absolute Gasteiger partial charge is 0.294 e. The summed E-state index contributed by atoms with van der Waals surface area (Å²) in [6, 6.07) is 5.04. The number of hydrogen-bond acceptors (Lipinski definition) is 5. The highest BCUT2D eigenvalue weighted by Crippen LogP contribution is 2.33. The molecule has 1 aromatic carbocycles. The first-order chi connectivity index (χ1) is 12.6. The second-order valence-electron chi connectivity index (χ2n) is 6.65. The molecule has 0 atom stereocenters. The Kier molecular flexibility index (Phi) is 6.95. The van der Waals surface area contributed by atoms with Crippen LogP contribution in [0.1, 0.15) is 33.3 Å². The number of carbonyl (C=O) groups excluding carboxylic acids is 3. The minimum Gasteiger partial charge on any atom is -0.495 e. The van der Waals surface area contributed by atoms with Crippen molar-refractivity contribution in [1.82, 2.24) is 9.80 Å². The number of ether oxygens (including phenoxy) is 1. The number of nitrogens with zero attached hydrogens (tertiary/aromatic N) is 2. The molecule has 27 heavy (non-hydrogen) atoms. The summed E-state index contributed by atoms with van der Waals surface area (Å²) in [5.74, 6) is -0.205. The van der Waals surface area contributed by atoms with Gasteiger partial charge in [0.05, 0.1) is 17.0 Å². The molecular formula is C19H23ClN2O4S. The van der Waals surface area contributed by atoms with Gasteiger partial charge in [0.25, 0.3) is 11.1 Å². The van der Waals surface area contributed by atoms with Crippen molar-refractivity contribution in [2.75, 3.05) is 13.7 Å². The molecule has 0 saturated carbocycles. The van der Waals surface area contributed by atoms with Crippen molar-refractivity contribution in [3.05, 3.63) is 33.7 Å². The van der Waals surface area contributed by atoms with Crippen LogP contribution in [0.4, 0.5) is 4.79 Å². The van der Waals surface area contributed by atoms with Crippen LogP contribution in [-0.2, 0) is 9.59 Å². The largest absolute Gasteiger partial charge is 0.495 e. The SMILES string of the molecule is COc1ccc(/C=C2\SC(=O)N(CC(=O)N(C(C)C)C(C)C)C2=O)cc1Cl. The third-order valence-electron chi connectivity index (χ3n) is 4.04. The number of rotatable bonds is 6. The summed E-state index contributed by atoms with van der Waals surface area (Å²) in [6.45, 7) is 7.35. The maximum absolute atomic E-state index is 12.6. The van der Waals surface area contributed by atoms with E-state index in [0.717, 1.165) is 16.7 Å². The molecule has 1 aromatic rings. The van der Waals surface area contributed by atoms with E-state index >= 15 is 0 Å². The zero-order valence-corrected chi connectivity index (χ0v) is 17.6. The number of hydrogen-bond donors (Lipinski definition) is 0. The zero-order chi connectivity index (χ0) is 20.3. The lowest BCUT2D eigenvalue weighted by molar-refractivity contribution is -0.138. The Balaban J connectivity index is 2.19. The topological polar surface area (TPSA) is 66.9 Å². The minimum absolute atomic E-state index is 0.0191. The van der Waals surface area contributed by atoms with E-state index in [1.54, 1.807) is 29.2 Å². The second-order valence-corrected chi connectivity index (χ2v) is 8.05. The van der Waals surface area contributed by atoms with Gasteiger partial charge in [0.15, 0.2) is 0 Å². The first kappa shape index (κ1) is 21.3.